The molecule has 0 bridgehead atoms. The van der Waals surface area contributed by atoms with Gasteiger partial charge in [0, 0.05) is 32.8 Å². The van der Waals surface area contributed by atoms with Crippen molar-refractivity contribution in [2.75, 3.05) is 39.5 Å². The summed E-state index contributed by atoms with van der Waals surface area (Å²) in [6.07, 6.45) is 12.7. The summed E-state index contributed by atoms with van der Waals surface area (Å²) in [6.45, 7) is 4.04. The molecule has 1 unspecified atom stereocenters. The number of amides is 1. The smallest absolute Gasteiger partial charge is 0.220 e. The molecule has 0 radical (unpaired) electrons. The van der Waals surface area contributed by atoms with Crippen molar-refractivity contribution in [2.24, 2.45) is 17.5 Å². The minimum absolute atomic E-state index is 0.1000. The van der Waals surface area contributed by atoms with Crippen molar-refractivity contribution in [1.29, 1.82) is 0 Å². The number of carbonyl (C=O) groups is 1. The molecule has 9 heteroatoms. The summed E-state index contributed by atoms with van der Waals surface area (Å²) in [6, 6.07) is 0. The van der Waals surface area contributed by atoms with Gasteiger partial charge in [-0.25, -0.2) is 0 Å². The van der Waals surface area contributed by atoms with Gasteiger partial charge in [0.05, 0.1) is 0 Å². The van der Waals surface area contributed by atoms with Crippen LogP contribution in [0, 0.1) is 5.92 Å². The predicted octanol–water partition coefficient (Wildman–Crippen LogP) is 1.05. The Kier molecular flexibility index (Phi) is 24.2. The highest BCUT2D eigenvalue weighted by molar-refractivity contribution is 5.75. The summed E-state index contributed by atoms with van der Waals surface area (Å²) >= 11 is 0. The number of aliphatic hydroxyl groups is 2. The van der Waals surface area contributed by atoms with Crippen LogP contribution in [-0.2, 0) is 4.79 Å². The number of hydrazine groups is 1. The van der Waals surface area contributed by atoms with Crippen LogP contribution in [0.25, 0.3) is 0 Å². The first-order chi connectivity index (χ1) is 15.6. The Hall–Kier alpha value is -0.810. The van der Waals surface area contributed by atoms with Crippen molar-refractivity contribution in [3.8, 4) is 0 Å². The number of nitrogens with one attached hydrogen (secondary N) is 4. The fourth-order valence-electron chi connectivity index (χ4n) is 3.76. The van der Waals surface area contributed by atoms with Gasteiger partial charge in [-0.1, -0.05) is 25.7 Å². The van der Waals surface area contributed by atoms with E-state index < -0.39 is 6.23 Å². The molecule has 0 rings (SSSR count). The highest BCUT2D eigenvalue weighted by atomic mass is 16.3. The number of hydrogen-bond donors (Lipinski definition) is 8. The lowest BCUT2D eigenvalue weighted by Crippen LogP contribution is -2.30. The second-order valence-corrected chi connectivity index (χ2v) is 8.65. The lowest BCUT2D eigenvalue weighted by atomic mass is 9.92. The van der Waals surface area contributed by atoms with Crippen molar-refractivity contribution >= 4 is 5.91 Å². The molecule has 192 valence electrons. The first kappa shape index (κ1) is 31.2. The number of hydrogen-bond acceptors (Lipinski definition) is 8. The maximum Gasteiger partial charge on any atom is 0.220 e. The van der Waals surface area contributed by atoms with Gasteiger partial charge >= 0.3 is 0 Å². The molecule has 10 N–H and O–H groups in total. The zero-order chi connectivity index (χ0) is 23.7. The maximum atomic E-state index is 12.1. The molecule has 0 aromatic heterocycles. The van der Waals surface area contributed by atoms with Crippen LogP contribution in [0.4, 0.5) is 0 Å². The van der Waals surface area contributed by atoms with Crippen LogP contribution in [0.5, 0.6) is 0 Å². The fourth-order valence-corrected chi connectivity index (χ4v) is 3.76. The number of carbonyl (C=O) groups excluding carboxylic acids is 1. The Morgan fingerprint density at radius 2 is 1.44 bits per heavy atom. The van der Waals surface area contributed by atoms with Gasteiger partial charge in [-0.2, -0.15) is 0 Å². The fraction of sp³-hybridized carbons (Fsp3) is 0.957. The van der Waals surface area contributed by atoms with E-state index in [1.165, 1.54) is 6.42 Å². The quantitative estimate of drug-likeness (QED) is 0.0434. The van der Waals surface area contributed by atoms with Gasteiger partial charge in [-0.15, -0.1) is 0 Å². The van der Waals surface area contributed by atoms with Crippen molar-refractivity contribution < 1.29 is 15.0 Å². The highest BCUT2D eigenvalue weighted by Gasteiger charge is 2.14. The minimum Gasteiger partial charge on any atom is -0.396 e. The summed E-state index contributed by atoms with van der Waals surface area (Å²) < 4.78 is 0. The average molecular weight is 461 g/mol. The van der Waals surface area contributed by atoms with E-state index in [0.717, 1.165) is 96.8 Å². The molecule has 0 aromatic rings. The third kappa shape index (κ3) is 22.4. The average Bonchev–Trinajstić information content (AvgIpc) is 2.79. The van der Waals surface area contributed by atoms with E-state index in [1.54, 1.807) is 0 Å². The van der Waals surface area contributed by atoms with Gasteiger partial charge in [-0.3, -0.25) is 21.4 Å². The zero-order valence-corrected chi connectivity index (χ0v) is 20.3. The lowest BCUT2D eigenvalue weighted by molar-refractivity contribution is -0.121. The van der Waals surface area contributed by atoms with Crippen LogP contribution in [0.3, 0.4) is 0 Å². The van der Waals surface area contributed by atoms with Crippen LogP contribution in [-0.4, -0.2) is 61.8 Å². The number of rotatable bonds is 25. The molecule has 0 fully saturated rings. The molecular formula is C23H52N6O3. The molecule has 0 saturated carbocycles. The summed E-state index contributed by atoms with van der Waals surface area (Å²) in [5.74, 6) is 5.69. The molecule has 0 aliphatic heterocycles. The molecule has 1 amide bonds. The Bertz CT molecular complexity index is 404. The number of unbranched alkanes of at least 4 members (excludes halogenated alkanes) is 6. The van der Waals surface area contributed by atoms with Crippen LogP contribution in [0.15, 0.2) is 0 Å². The molecule has 0 saturated heterocycles. The Labute approximate surface area is 195 Å². The van der Waals surface area contributed by atoms with E-state index in [0.29, 0.717) is 25.4 Å². The minimum atomic E-state index is -0.506. The first-order valence-electron chi connectivity index (χ1n) is 12.8. The normalized spacial score (nSPS) is 13.2. The number of aliphatic hydroxyl groups excluding tert-OH is 2. The van der Waals surface area contributed by atoms with E-state index >= 15 is 0 Å². The summed E-state index contributed by atoms with van der Waals surface area (Å²) in [7, 11) is 0. The summed E-state index contributed by atoms with van der Waals surface area (Å²) in [4.78, 5) is 12.1. The van der Waals surface area contributed by atoms with Crippen molar-refractivity contribution in [3.05, 3.63) is 0 Å². The summed E-state index contributed by atoms with van der Waals surface area (Å²) in [5.41, 5.74) is 8.04. The summed E-state index contributed by atoms with van der Waals surface area (Å²) in [5, 5.41) is 28.7. The van der Waals surface area contributed by atoms with Crippen molar-refractivity contribution in [3.63, 3.8) is 0 Å². The predicted molar refractivity (Wildman–Crippen MR) is 131 cm³/mol. The van der Waals surface area contributed by atoms with Gasteiger partial charge in [0.15, 0.2) is 0 Å². The molecule has 2 atom stereocenters. The molecule has 32 heavy (non-hydrogen) atoms. The third-order valence-electron chi connectivity index (χ3n) is 5.77. The van der Waals surface area contributed by atoms with E-state index in [-0.39, 0.29) is 12.5 Å². The Morgan fingerprint density at radius 1 is 0.781 bits per heavy atom. The standard InChI is InChI=1S/C23H52N6O3/c24-20-26-15-5-1-2-6-16-27-22(31)13-11-21(10-9-19-30)12-14-23(32)28-17-7-3-4-8-18-29-25/h21-22,26-27,29-31H,1-20,24-25H2,(H,28,32)/t21?,22-/m1/s1. The van der Waals surface area contributed by atoms with Gasteiger partial charge in [0.2, 0.25) is 5.91 Å². The van der Waals surface area contributed by atoms with Crippen LogP contribution >= 0.6 is 0 Å². The molecule has 0 aliphatic carbocycles. The van der Waals surface area contributed by atoms with E-state index in [2.05, 4.69) is 21.4 Å². The van der Waals surface area contributed by atoms with Crippen LogP contribution < -0.4 is 33.0 Å². The van der Waals surface area contributed by atoms with Gasteiger partial charge < -0.3 is 26.6 Å². The van der Waals surface area contributed by atoms with Crippen molar-refractivity contribution in [1.82, 2.24) is 21.4 Å². The SMILES string of the molecule is NCNCCCCCCN[C@H](O)CCC(CCCO)CCC(=O)NCCCCCCNN. The topological polar surface area (TPSA) is 158 Å². The Morgan fingerprint density at radius 3 is 2.09 bits per heavy atom. The number of nitrogens with two attached hydrogens (primary N) is 2. The van der Waals surface area contributed by atoms with E-state index in [9.17, 15) is 9.90 Å². The largest absolute Gasteiger partial charge is 0.396 e. The molecule has 0 aromatic carbocycles. The Balaban J connectivity index is 3.85. The van der Waals surface area contributed by atoms with Gasteiger partial charge in [-0.05, 0) is 76.8 Å². The molecular weight excluding hydrogens is 408 g/mol. The van der Waals surface area contributed by atoms with Crippen LogP contribution in [0.2, 0.25) is 0 Å². The zero-order valence-electron chi connectivity index (χ0n) is 20.3. The van der Waals surface area contributed by atoms with Crippen LogP contribution in [0.1, 0.15) is 89.9 Å². The van der Waals surface area contributed by atoms with Gasteiger partial charge in [0.25, 0.3) is 0 Å². The molecule has 0 heterocycles. The maximum absolute atomic E-state index is 12.1. The monoisotopic (exact) mass is 460 g/mol. The second kappa shape index (κ2) is 24.8. The second-order valence-electron chi connectivity index (χ2n) is 8.65. The van der Waals surface area contributed by atoms with E-state index in [1.807, 2.05) is 0 Å². The molecule has 0 aliphatic rings. The first-order valence-corrected chi connectivity index (χ1v) is 12.8. The lowest BCUT2D eigenvalue weighted by Gasteiger charge is -2.19. The molecule has 9 nitrogen and oxygen atoms in total. The van der Waals surface area contributed by atoms with Gasteiger partial charge in [0.1, 0.15) is 6.23 Å². The van der Waals surface area contributed by atoms with E-state index in [4.69, 9.17) is 16.7 Å². The van der Waals surface area contributed by atoms with Crippen molar-refractivity contribution in [2.45, 2.75) is 96.1 Å². The highest BCUT2D eigenvalue weighted by Crippen LogP contribution is 2.20. The molecule has 0 spiro atoms. The third-order valence-corrected chi connectivity index (χ3v) is 5.77.